The molecule has 1 amide bonds. The van der Waals surface area contributed by atoms with Gasteiger partial charge < -0.3 is 11.1 Å². The summed E-state index contributed by atoms with van der Waals surface area (Å²) in [5.74, 6) is 1.17. The molecule has 0 saturated heterocycles. The highest BCUT2D eigenvalue weighted by atomic mass is 16.2. The highest BCUT2D eigenvalue weighted by molar-refractivity contribution is 5.80. The number of aromatic nitrogens is 2. The molecule has 1 heterocycles. The molecular weight excluding hydrogens is 288 g/mol. The van der Waals surface area contributed by atoms with Crippen LogP contribution in [0.25, 0.3) is 10.9 Å². The molecule has 2 atom stereocenters. The van der Waals surface area contributed by atoms with Gasteiger partial charge in [-0.3, -0.25) is 9.48 Å². The summed E-state index contributed by atoms with van der Waals surface area (Å²) in [6.45, 7) is 0.288. The maximum atomic E-state index is 12.5. The molecule has 0 radical (unpaired) electrons. The van der Waals surface area contributed by atoms with Gasteiger partial charge in [-0.2, -0.15) is 5.10 Å². The standard InChI is InChI=1S/C18H24N4O/c19-15-8-12-5-3-6-13(9-15)18(12)20-17(23)11-22-10-14-4-1-2-7-16(14)21-22/h1-2,4,7,10,12-13,15,18H,3,5-6,8-9,11,19H2,(H,20,23). The van der Waals surface area contributed by atoms with Gasteiger partial charge in [0, 0.05) is 23.7 Å². The summed E-state index contributed by atoms with van der Waals surface area (Å²) in [7, 11) is 0. The van der Waals surface area contributed by atoms with E-state index in [4.69, 9.17) is 5.73 Å². The number of benzene rings is 1. The zero-order chi connectivity index (χ0) is 15.8. The number of carbonyl (C=O) groups excluding carboxylic acids is 1. The lowest BCUT2D eigenvalue weighted by molar-refractivity contribution is -0.124. The summed E-state index contributed by atoms with van der Waals surface area (Å²) in [6.07, 6.45) is 7.70. The van der Waals surface area contributed by atoms with Gasteiger partial charge in [0.15, 0.2) is 0 Å². The van der Waals surface area contributed by atoms with Crippen LogP contribution in [0, 0.1) is 11.8 Å². The first kappa shape index (κ1) is 14.7. The molecule has 2 unspecified atom stereocenters. The van der Waals surface area contributed by atoms with E-state index in [1.807, 2.05) is 30.5 Å². The number of amides is 1. The third-order valence-corrected chi connectivity index (χ3v) is 5.47. The molecule has 2 aliphatic carbocycles. The Bertz CT molecular complexity index is 663. The molecule has 122 valence electrons. The van der Waals surface area contributed by atoms with E-state index < -0.39 is 0 Å². The van der Waals surface area contributed by atoms with E-state index in [-0.39, 0.29) is 12.5 Å². The number of hydrogen-bond donors (Lipinski definition) is 2. The lowest BCUT2D eigenvalue weighted by Gasteiger charge is -2.45. The molecule has 1 aromatic carbocycles. The Kier molecular flexibility index (Phi) is 3.81. The van der Waals surface area contributed by atoms with Crippen molar-refractivity contribution in [2.24, 2.45) is 17.6 Å². The first-order valence-corrected chi connectivity index (χ1v) is 8.66. The second-order valence-electron chi connectivity index (χ2n) is 7.16. The van der Waals surface area contributed by atoms with Crippen LogP contribution in [0.1, 0.15) is 32.1 Å². The first-order valence-electron chi connectivity index (χ1n) is 8.66. The van der Waals surface area contributed by atoms with Gasteiger partial charge in [0.1, 0.15) is 6.54 Å². The number of nitrogens with zero attached hydrogens (tertiary/aromatic N) is 2. The van der Waals surface area contributed by atoms with Crippen LogP contribution in [0.4, 0.5) is 0 Å². The maximum absolute atomic E-state index is 12.5. The van der Waals surface area contributed by atoms with E-state index in [2.05, 4.69) is 10.4 Å². The van der Waals surface area contributed by atoms with Crippen LogP contribution in [0.2, 0.25) is 0 Å². The Morgan fingerprint density at radius 1 is 1.26 bits per heavy atom. The van der Waals surface area contributed by atoms with Gasteiger partial charge in [-0.25, -0.2) is 0 Å². The molecule has 2 fully saturated rings. The van der Waals surface area contributed by atoms with Crippen molar-refractivity contribution in [1.82, 2.24) is 15.1 Å². The Balaban J connectivity index is 1.43. The minimum atomic E-state index is 0.0650. The summed E-state index contributed by atoms with van der Waals surface area (Å²) in [4.78, 5) is 12.5. The van der Waals surface area contributed by atoms with E-state index >= 15 is 0 Å². The maximum Gasteiger partial charge on any atom is 0.241 e. The monoisotopic (exact) mass is 312 g/mol. The van der Waals surface area contributed by atoms with Crippen molar-refractivity contribution in [2.75, 3.05) is 0 Å². The molecule has 23 heavy (non-hydrogen) atoms. The van der Waals surface area contributed by atoms with Gasteiger partial charge in [0.25, 0.3) is 0 Å². The van der Waals surface area contributed by atoms with Crippen molar-refractivity contribution in [1.29, 1.82) is 0 Å². The normalized spacial score (nSPS) is 30.3. The summed E-state index contributed by atoms with van der Waals surface area (Å²) in [6, 6.07) is 8.56. The van der Waals surface area contributed by atoms with E-state index in [1.54, 1.807) is 4.68 Å². The van der Waals surface area contributed by atoms with Crippen LogP contribution in [-0.2, 0) is 11.3 Å². The zero-order valence-electron chi connectivity index (χ0n) is 13.3. The van der Waals surface area contributed by atoms with Crippen molar-refractivity contribution in [2.45, 2.75) is 50.7 Å². The van der Waals surface area contributed by atoms with E-state index in [9.17, 15) is 4.79 Å². The summed E-state index contributed by atoms with van der Waals surface area (Å²) in [5.41, 5.74) is 7.09. The molecule has 1 aromatic heterocycles. The minimum absolute atomic E-state index is 0.0650. The Morgan fingerprint density at radius 3 is 2.74 bits per heavy atom. The van der Waals surface area contributed by atoms with Gasteiger partial charge in [-0.15, -0.1) is 0 Å². The third-order valence-electron chi connectivity index (χ3n) is 5.47. The van der Waals surface area contributed by atoms with E-state index in [1.165, 1.54) is 19.3 Å². The van der Waals surface area contributed by atoms with Crippen LogP contribution in [0.5, 0.6) is 0 Å². The number of nitrogens with one attached hydrogen (secondary N) is 1. The molecule has 2 saturated carbocycles. The number of carbonyl (C=O) groups is 1. The molecule has 0 spiro atoms. The Hall–Kier alpha value is -1.88. The van der Waals surface area contributed by atoms with Crippen LogP contribution >= 0.6 is 0 Å². The van der Waals surface area contributed by atoms with Gasteiger partial charge in [0.05, 0.1) is 5.52 Å². The average molecular weight is 312 g/mol. The van der Waals surface area contributed by atoms with Crippen molar-refractivity contribution < 1.29 is 4.79 Å². The largest absolute Gasteiger partial charge is 0.351 e. The molecule has 5 heteroatoms. The Morgan fingerprint density at radius 2 is 2.00 bits per heavy atom. The molecule has 5 nitrogen and oxygen atoms in total. The van der Waals surface area contributed by atoms with E-state index in [0.717, 1.165) is 23.7 Å². The number of rotatable bonds is 3. The molecule has 3 N–H and O–H groups in total. The first-order chi connectivity index (χ1) is 11.2. The van der Waals surface area contributed by atoms with Crippen molar-refractivity contribution >= 4 is 16.8 Å². The van der Waals surface area contributed by atoms with Crippen molar-refractivity contribution in [3.8, 4) is 0 Å². The highest BCUT2D eigenvalue weighted by Crippen LogP contribution is 2.39. The predicted octanol–water partition coefficient (Wildman–Crippen LogP) is 2.06. The average Bonchev–Trinajstić information content (AvgIpc) is 2.90. The van der Waals surface area contributed by atoms with Gasteiger partial charge in [0.2, 0.25) is 5.91 Å². The molecule has 2 aromatic rings. The Labute approximate surface area is 136 Å². The third kappa shape index (κ3) is 2.98. The van der Waals surface area contributed by atoms with Crippen LogP contribution in [0.15, 0.2) is 30.5 Å². The van der Waals surface area contributed by atoms with Gasteiger partial charge >= 0.3 is 0 Å². The number of nitrogens with two attached hydrogens (primary N) is 1. The fraction of sp³-hybridized carbons (Fsp3) is 0.556. The molecule has 4 rings (SSSR count). The van der Waals surface area contributed by atoms with Crippen LogP contribution < -0.4 is 11.1 Å². The summed E-state index contributed by atoms with van der Waals surface area (Å²) >= 11 is 0. The molecular formula is C18H24N4O. The SMILES string of the molecule is NC1CC2CCCC(C1)C2NC(=O)Cn1cc2ccccc2n1. The predicted molar refractivity (Wildman–Crippen MR) is 89.7 cm³/mol. The van der Waals surface area contributed by atoms with Gasteiger partial charge in [-0.05, 0) is 43.6 Å². The fourth-order valence-electron chi connectivity index (χ4n) is 4.50. The number of fused-ring (bicyclic) bond motifs is 3. The number of hydrogen-bond acceptors (Lipinski definition) is 3. The molecule has 2 aliphatic rings. The van der Waals surface area contributed by atoms with E-state index in [0.29, 0.717) is 23.9 Å². The summed E-state index contributed by atoms with van der Waals surface area (Å²) < 4.78 is 1.74. The quantitative estimate of drug-likeness (QED) is 0.911. The van der Waals surface area contributed by atoms with Crippen LogP contribution in [0.3, 0.4) is 0 Å². The van der Waals surface area contributed by atoms with Gasteiger partial charge in [-0.1, -0.05) is 24.6 Å². The zero-order valence-corrected chi connectivity index (χ0v) is 13.3. The molecule has 2 bridgehead atoms. The second-order valence-corrected chi connectivity index (χ2v) is 7.16. The van der Waals surface area contributed by atoms with Crippen LogP contribution in [-0.4, -0.2) is 27.8 Å². The second kappa shape index (κ2) is 5.96. The summed E-state index contributed by atoms with van der Waals surface area (Å²) in [5, 5.41) is 8.82. The lowest BCUT2D eigenvalue weighted by Crippen LogP contribution is -2.54. The minimum Gasteiger partial charge on any atom is -0.351 e. The topological polar surface area (TPSA) is 72.9 Å². The smallest absolute Gasteiger partial charge is 0.241 e. The highest BCUT2D eigenvalue weighted by Gasteiger charge is 2.39. The van der Waals surface area contributed by atoms with Crippen molar-refractivity contribution in [3.05, 3.63) is 30.5 Å². The van der Waals surface area contributed by atoms with Crippen molar-refractivity contribution in [3.63, 3.8) is 0 Å². The lowest BCUT2D eigenvalue weighted by atomic mass is 9.67. The fourth-order valence-corrected chi connectivity index (χ4v) is 4.50. The molecule has 0 aliphatic heterocycles.